The lowest BCUT2D eigenvalue weighted by atomic mass is 10.1. The molecule has 0 N–H and O–H groups in total. The number of nitro benzene ring substituents is 1. The number of halogens is 1. The van der Waals surface area contributed by atoms with Gasteiger partial charge in [-0.25, -0.2) is 4.79 Å². The van der Waals surface area contributed by atoms with Gasteiger partial charge in [0.25, 0.3) is 5.69 Å². The zero-order chi connectivity index (χ0) is 11.6. The first-order chi connectivity index (χ1) is 6.97. The summed E-state index contributed by atoms with van der Waals surface area (Å²) in [7, 11) is 1.24. The topological polar surface area (TPSA) is 69.4 Å². The van der Waals surface area contributed by atoms with Crippen LogP contribution in [0.2, 0.25) is 0 Å². The van der Waals surface area contributed by atoms with E-state index in [4.69, 9.17) is 0 Å². The van der Waals surface area contributed by atoms with Crippen LogP contribution in [0.1, 0.15) is 15.9 Å². The zero-order valence-electron chi connectivity index (χ0n) is 8.11. The van der Waals surface area contributed by atoms with Crippen molar-refractivity contribution in [2.75, 3.05) is 7.11 Å². The number of hydrogen-bond acceptors (Lipinski definition) is 4. The third-order valence-corrected chi connectivity index (χ3v) is 2.76. The Morgan fingerprint density at radius 1 is 1.53 bits per heavy atom. The Labute approximate surface area is 99.7 Å². The molecule has 0 saturated heterocycles. The molecule has 1 aromatic rings. The number of hydrogen-bond donors (Lipinski definition) is 0. The van der Waals surface area contributed by atoms with Crippen molar-refractivity contribution in [1.29, 1.82) is 0 Å². The highest BCUT2D eigenvalue weighted by Crippen LogP contribution is 2.25. The summed E-state index contributed by atoms with van der Waals surface area (Å²) in [5.74, 6) is -0.563. The van der Waals surface area contributed by atoms with Gasteiger partial charge in [-0.1, -0.05) is 0 Å². The van der Waals surface area contributed by atoms with Crippen molar-refractivity contribution in [2.45, 2.75) is 6.92 Å². The van der Waals surface area contributed by atoms with E-state index in [1.54, 1.807) is 13.0 Å². The summed E-state index contributed by atoms with van der Waals surface area (Å²) in [5, 5.41) is 10.6. The van der Waals surface area contributed by atoms with Crippen molar-refractivity contribution in [3.63, 3.8) is 0 Å². The Balaban J connectivity index is 3.36. The van der Waals surface area contributed by atoms with Crippen LogP contribution >= 0.6 is 22.6 Å². The molecular formula is C9H8INO4. The predicted octanol–water partition coefficient (Wildman–Crippen LogP) is 2.29. The van der Waals surface area contributed by atoms with Gasteiger partial charge in [-0.2, -0.15) is 0 Å². The maximum absolute atomic E-state index is 11.3. The van der Waals surface area contributed by atoms with Crippen LogP contribution in [0.15, 0.2) is 12.1 Å². The van der Waals surface area contributed by atoms with Crippen LogP contribution < -0.4 is 0 Å². The number of carbonyl (C=O) groups is 1. The first-order valence-electron chi connectivity index (χ1n) is 4.00. The first kappa shape index (κ1) is 11.9. The van der Waals surface area contributed by atoms with E-state index >= 15 is 0 Å². The van der Waals surface area contributed by atoms with Crippen LogP contribution in [0.4, 0.5) is 5.69 Å². The molecule has 0 atom stereocenters. The van der Waals surface area contributed by atoms with Crippen LogP contribution in [-0.2, 0) is 4.74 Å². The highest BCUT2D eigenvalue weighted by atomic mass is 127. The minimum atomic E-state index is -0.563. The van der Waals surface area contributed by atoms with Crippen molar-refractivity contribution >= 4 is 34.2 Å². The van der Waals surface area contributed by atoms with E-state index in [0.29, 0.717) is 9.13 Å². The highest BCUT2D eigenvalue weighted by molar-refractivity contribution is 14.1. The minimum absolute atomic E-state index is 0.0819. The quantitative estimate of drug-likeness (QED) is 0.363. The summed E-state index contributed by atoms with van der Waals surface area (Å²) >= 11 is 1.86. The molecule has 0 bridgehead atoms. The van der Waals surface area contributed by atoms with E-state index in [2.05, 4.69) is 4.74 Å². The summed E-state index contributed by atoms with van der Waals surface area (Å²) in [4.78, 5) is 21.4. The van der Waals surface area contributed by atoms with Gasteiger partial charge in [-0.05, 0) is 41.1 Å². The number of methoxy groups -OCH3 is 1. The average Bonchev–Trinajstić information content (AvgIpc) is 2.16. The molecule has 0 unspecified atom stereocenters. The molecular weight excluding hydrogens is 313 g/mol. The SMILES string of the molecule is COC(=O)c1cc([N+](=O)[O-])c(I)cc1C. The van der Waals surface area contributed by atoms with Gasteiger partial charge < -0.3 is 4.74 Å². The number of nitro groups is 1. The second-order valence-corrected chi connectivity index (χ2v) is 4.03. The van der Waals surface area contributed by atoms with Crippen molar-refractivity contribution in [3.05, 3.63) is 36.9 Å². The molecule has 6 heteroatoms. The van der Waals surface area contributed by atoms with Crippen molar-refractivity contribution in [2.24, 2.45) is 0 Å². The van der Waals surface area contributed by atoms with E-state index in [9.17, 15) is 14.9 Å². The predicted molar refractivity (Wildman–Crippen MR) is 61.9 cm³/mol. The second kappa shape index (κ2) is 4.56. The maximum atomic E-state index is 11.3. The Hall–Kier alpha value is -1.18. The van der Waals surface area contributed by atoms with E-state index in [1.165, 1.54) is 13.2 Å². The molecule has 15 heavy (non-hydrogen) atoms. The molecule has 0 fully saturated rings. The minimum Gasteiger partial charge on any atom is -0.465 e. The Morgan fingerprint density at radius 2 is 2.13 bits per heavy atom. The largest absolute Gasteiger partial charge is 0.465 e. The Kier molecular flexibility index (Phi) is 3.61. The standard InChI is InChI=1S/C9H8INO4/c1-5-3-7(10)8(11(13)14)4-6(5)9(12)15-2/h3-4H,1-2H3. The van der Waals surface area contributed by atoms with Crippen LogP contribution in [0.3, 0.4) is 0 Å². The van der Waals surface area contributed by atoms with Crippen molar-refractivity contribution < 1.29 is 14.5 Å². The molecule has 0 heterocycles. The lowest BCUT2D eigenvalue weighted by molar-refractivity contribution is -0.385. The summed E-state index contributed by atoms with van der Waals surface area (Å²) in [6.07, 6.45) is 0. The number of nitrogens with zero attached hydrogens (tertiary/aromatic N) is 1. The van der Waals surface area contributed by atoms with Gasteiger partial charge in [0.2, 0.25) is 0 Å². The monoisotopic (exact) mass is 321 g/mol. The lowest BCUT2D eigenvalue weighted by Crippen LogP contribution is -2.05. The molecule has 0 aromatic heterocycles. The van der Waals surface area contributed by atoms with Gasteiger partial charge in [0.15, 0.2) is 0 Å². The molecule has 0 aliphatic carbocycles. The number of aryl methyl sites for hydroxylation is 1. The summed E-state index contributed by atoms with van der Waals surface area (Å²) in [5.41, 5.74) is 0.808. The normalized spacial score (nSPS) is 9.80. The summed E-state index contributed by atoms with van der Waals surface area (Å²) in [6.45, 7) is 1.71. The molecule has 0 amide bonds. The van der Waals surface area contributed by atoms with Gasteiger partial charge in [0, 0.05) is 6.07 Å². The molecule has 0 radical (unpaired) electrons. The van der Waals surface area contributed by atoms with Gasteiger partial charge in [0.1, 0.15) is 0 Å². The fourth-order valence-electron chi connectivity index (χ4n) is 1.13. The first-order valence-corrected chi connectivity index (χ1v) is 5.08. The number of ether oxygens (including phenoxy) is 1. The molecule has 80 valence electrons. The van der Waals surface area contributed by atoms with E-state index in [1.807, 2.05) is 22.6 Å². The molecule has 0 spiro atoms. The molecule has 0 aliphatic rings. The third kappa shape index (κ3) is 2.44. The zero-order valence-corrected chi connectivity index (χ0v) is 10.3. The Bertz CT molecular complexity index is 430. The molecule has 1 rings (SSSR count). The van der Waals surface area contributed by atoms with Crippen LogP contribution in [0, 0.1) is 20.6 Å². The molecule has 0 saturated carbocycles. The molecule has 0 aliphatic heterocycles. The average molecular weight is 321 g/mol. The number of rotatable bonds is 2. The van der Waals surface area contributed by atoms with Gasteiger partial charge in [-0.15, -0.1) is 0 Å². The highest BCUT2D eigenvalue weighted by Gasteiger charge is 2.18. The van der Waals surface area contributed by atoms with Crippen molar-refractivity contribution in [3.8, 4) is 0 Å². The maximum Gasteiger partial charge on any atom is 0.338 e. The fraction of sp³-hybridized carbons (Fsp3) is 0.222. The lowest BCUT2D eigenvalue weighted by Gasteiger charge is -2.04. The van der Waals surface area contributed by atoms with Crippen LogP contribution in [-0.4, -0.2) is 18.0 Å². The molecule has 5 nitrogen and oxygen atoms in total. The fourth-order valence-corrected chi connectivity index (χ4v) is 1.95. The van der Waals surface area contributed by atoms with Gasteiger partial charge in [-0.3, -0.25) is 10.1 Å². The summed E-state index contributed by atoms with van der Waals surface area (Å²) in [6, 6.07) is 2.83. The Morgan fingerprint density at radius 3 is 2.60 bits per heavy atom. The smallest absolute Gasteiger partial charge is 0.338 e. The number of esters is 1. The summed E-state index contributed by atoms with van der Waals surface area (Å²) < 4.78 is 5.03. The van der Waals surface area contributed by atoms with Gasteiger partial charge >= 0.3 is 5.97 Å². The van der Waals surface area contributed by atoms with E-state index in [0.717, 1.165) is 0 Å². The van der Waals surface area contributed by atoms with Gasteiger partial charge in [0.05, 0.1) is 21.2 Å². The van der Waals surface area contributed by atoms with Crippen LogP contribution in [0.5, 0.6) is 0 Å². The second-order valence-electron chi connectivity index (χ2n) is 2.87. The van der Waals surface area contributed by atoms with E-state index < -0.39 is 10.9 Å². The third-order valence-electron chi connectivity index (χ3n) is 1.90. The number of benzene rings is 1. The van der Waals surface area contributed by atoms with E-state index in [-0.39, 0.29) is 11.3 Å². The van der Waals surface area contributed by atoms with Crippen LogP contribution in [0.25, 0.3) is 0 Å². The van der Waals surface area contributed by atoms with Crippen molar-refractivity contribution in [1.82, 2.24) is 0 Å². The number of carbonyl (C=O) groups excluding carboxylic acids is 1. The molecule has 1 aromatic carbocycles.